The SMILES string of the molecule is CCNC(=NCc1ccccc1OCC)NCc1cc(CC)no1.I. The Balaban J connectivity index is 0.00000312. The maximum absolute atomic E-state index is 5.64. The molecule has 0 bridgehead atoms. The van der Waals surface area contributed by atoms with Gasteiger partial charge in [-0.2, -0.15) is 0 Å². The van der Waals surface area contributed by atoms with Crippen molar-refractivity contribution in [1.29, 1.82) is 0 Å². The maximum Gasteiger partial charge on any atom is 0.191 e. The highest BCUT2D eigenvalue weighted by Gasteiger charge is 2.05. The molecular weight excluding hydrogens is 431 g/mol. The van der Waals surface area contributed by atoms with E-state index in [1.54, 1.807) is 0 Å². The molecule has 25 heavy (non-hydrogen) atoms. The predicted molar refractivity (Wildman–Crippen MR) is 111 cm³/mol. The Kier molecular flexibility index (Phi) is 9.98. The van der Waals surface area contributed by atoms with Crippen molar-refractivity contribution in [3.05, 3.63) is 47.3 Å². The van der Waals surface area contributed by atoms with E-state index in [0.29, 0.717) is 19.7 Å². The number of aromatic nitrogens is 1. The number of benzene rings is 1. The first-order valence-electron chi connectivity index (χ1n) is 8.44. The van der Waals surface area contributed by atoms with Gasteiger partial charge in [0.05, 0.1) is 25.4 Å². The van der Waals surface area contributed by atoms with Gasteiger partial charge in [-0.3, -0.25) is 0 Å². The molecule has 138 valence electrons. The van der Waals surface area contributed by atoms with Gasteiger partial charge in [-0.05, 0) is 26.3 Å². The van der Waals surface area contributed by atoms with Crippen LogP contribution < -0.4 is 15.4 Å². The number of hydrogen-bond acceptors (Lipinski definition) is 4. The van der Waals surface area contributed by atoms with E-state index in [1.807, 2.05) is 44.2 Å². The minimum absolute atomic E-state index is 0. The molecule has 0 amide bonds. The highest BCUT2D eigenvalue weighted by Crippen LogP contribution is 2.18. The van der Waals surface area contributed by atoms with E-state index in [4.69, 9.17) is 9.26 Å². The number of aliphatic imine (C=N–C) groups is 1. The van der Waals surface area contributed by atoms with Crippen LogP contribution in [0, 0.1) is 0 Å². The average molecular weight is 458 g/mol. The molecule has 0 saturated heterocycles. The lowest BCUT2D eigenvalue weighted by atomic mass is 10.2. The average Bonchev–Trinajstić information content (AvgIpc) is 3.07. The van der Waals surface area contributed by atoms with Gasteiger partial charge in [-0.25, -0.2) is 4.99 Å². The minimum Gasteiger partial charge on any atom is -0.494 e. The number of rotatable bonds is 8. The lowest BCUT2D eigenvalue weighted by Gasteiger charge is -2.11. The summed E-state index contributed by atoms with van der Waals surface area (Å²) in [5.41, 5.74) is 2.02. The Hall–Kier alpha value is -1.77. The van der Waals surface area contributed by atoms with E-state index >= 15 is 0 Å². The van der Waals surface area contributed by atoms with Gasteiger partial charge in [0.1, 0.15) is 5.75 Å². The molecule has 1 heterocycles. The number of nitrogens with one attached hydrogen (secondary N) is 2. The molecule has 2 N–H and O–H groups in total. The van der Waals surface area contributed by atoms with Crippen molar-refractivity contribution in [2.45, 2.75) is 40.3 Å². The van der Waals surface area contributed by atoms with Gasteiger partial charge >= 0.3 is 0 Å². The second-order valence-corrected chi connectivity index (χ2v) is 5.23. The molecular formula is C18H27IN4O2. The van der Waals surface area contributed by atoms with E-state index in [9.17, 15) is 0 Å². The Labute approximate surface area is 166 Å². The van der Waals surface area contributed by atoms with Gasteiger partial charge in [0.2, 0.25) is 0 Å². The monoisotopic (exact) mass is 458 g/mol. The van der Waals surface area contributed by atoms with Crippen LogP contribution in [0.25, 0.3) is 0 Å². The highest BCUT2D eigenvalue weighted by atomic mass is 127. The van der Waals surface area contributed by atoms with E-state index < -0.39 is 0 Å². The number of halogens is 1. The third-order valence-electron chi connectivity index (χ3n) is 3.42. The molecule has 1 aromatic heterocycles. The summed E-state index contributed by atoms with van der Waals surface area (Å²) in [5, 5.41) is 10.5. The fourth-order valence-corrected chi connectivity index (χ4v) is 2.21. The highest BCUT2D eigenvalue weighted by molar-refractivity contribution is 14.0. The van der Waals surface area contributed by atoms with Crippen molar-refractivity contribution < 1.29 is 9.26 Å². The van der Waals surface area contributed by atoms with Crippen molar-refractivity contribution in [2.24, 2.45) is 4.99 Å². The van der Waals surface area contributed by atoms with Crippen LogP contribution >= 0.6 is 24.0 Å². The van der Waals surface area contributed by atoms with Crippen LogP contribution in [0.4, 0.5) is 0 Å². The van der Waals surface area contributed by atoms with Crippen molar-refractivity contribution in [2.75, 3.05) is 13.2 Å². The zero-order valence-corrected chi connectivity index (χ0v) is 17.4. The molecule has 0 atom stereocenters. The van der Waals surface area contributed by atoms with Gasteiger partial charge in [0, 0.05) is 18.2 Å². The Morgan fingerprint density at radius 2 is 2.00 bits per heavy atom. The van der Waals surface area contributed by atoms with Crippen LogP contribution in [-0.4, -0.2) is 24.3 Å². The molecule has 0 spiro atoms. The van der Waals surface area contributed by atoms with Gasteiger partial charge in [0.25, 0.3) is 0 Å². The van der Waals surface area contributed by atoms with Crippen LogP contribution in [0.1, 0.15) is 37.8 Å². The van der Waals surface area contributed by atoms with Crippen molar-refractivity contribution in [3.63, 3.8) is 0 Å². The van der Waals surface area contributed by atoms with Crippen LogP contribution in [0.3, 0.4) is 0 Å². The lowest BCUT2D eigenvalue weighted by molar-refractivity contribution is 0.336. The predicted octanol–water partition coefficient (Wildman–Crippen LogP) is 3.51. The van der Waals surface area contributed by atoms with E-state index in [1.165, 1.54) is 0 Å². The summed E-state index contributed by atoms with van der Waals surface area (Å²) in [4.78, 5) is 4.62. The Bertz CT molecular complexity index is 658. The number of para-hydroxylation sites is 1. The van der Waals surface area contributed by atoms with Gasteiger partial charge in [-0.1, -0.05) is 30.3 Å². The number of aryl methyl sites for hydroxylation is 1. The molecule has 0 unspecified atom stereocenters. The molecule has 0 radical (unpaired) electrons. The largest absolute Gasteiger partial charge is 0.494 e. The minimum atomic E-state index is 0. The second kappa shape index (κ2) is 11.7. The standard InChI is InChI=1S/C18H26N4O2.HI/c1-4-15-11-16(24-22-15)13-21-18(19-5-2)20-12-14-9-7-8-10-17(14)23-6-3;/h7-11H,4-6,12-13H2,1-3H3,(H2,19,20,21);1H. The summed E-state index contributed by atoms with van der Waals surface area (Å²) in [6.07, 6.45) is 0.867. The third kappa shape index (κ3) is 6.93. The van der Waals surface area contributed by atoms with E-state index in [0.717, 1.165) is 41.7 Å². The van der Waals surface area contributed by atoms with Crippen LogP contribution in [0.15, 0.2) is 39.8 Å². The summed E-state index contributed by atoms with van der Waals surface area (Å²) in [6, 6.07) is 9.92. The molecule has 2 aromatic rings. The van der Waals surface area contributed by atoms with Crippen molar-refractivity contribution in [3.8, 4) is 5.75 Å². The van der Waals surface area contributed by atoms with Crippen molar-refractivity contribution in [1.82, 2.24) is 15.8 Å². The third-order valence-corrected chi connectivity index (χ3v) is 3.42. The summed E-state index contributed by atoms with van der Waals surface area (Å²) in [7, 11) is 0. The van der Waals surface area contributed by atoms with E-state index in [2.05, 4.69) is 27.7 Å². The van der Waals surface area contributed by atoms with Crippen LogP contribution in [-0.2, 0) is 19.5 Å². The van der Waals surface area contributed by atoms with E-state index in [-0.39, 0.29) is 24.0 Å². The molecule has 2 rings (SSSR count). The van der Waals surface area contributed by atoms with Gasteiger partial charge in [-0.15, -0.1) is 24.0 Å². The molecule has 6 nitrogen and oxygen atoms in total. The van der Waals surface area contributed by atoms with Crippen molar-refractivity contribution >= 4 is 29.9 Å². The Morgan fingerprint density at radius 3 is 2.68 bits per heavy atom. The quantitative estimate of drug-likeness (QED) is 0.360. The summed E-state index contributed by atoms with van der Waals surface area (Å²) >= 11 is 0. The number of hydrogen-bond donors (Lipinski definition) is 2. The molecule has 0 aliphatic rings. The molecule has 1 aromatic carbocycles. The van der Waals surface area contributed by atoms with Crippen LogP contribution in [0.2, 0.25) is 0 Å². The topological polar surface area (TPSA) is 71.7 Å². The van der Waals surface area contributed by atoms with Gasteiger partial charge < -0.3 is 19.9 Å². The molecule has 7 heteroatoms. The summed E-state index contributed by atoms with van der Waals surface area (Å²) < 4.78 is 10.9. The molecule has 0 aliphatic heterocycles. The smallest absolute Gasteiger partial charge is 0.191 e. The molecule has 0 aliphatic carbocycles. The first-order valence-corrected chi connectivity index (χ1v) is 8.44. The molecule has 0 fully saturated rings. The molecule has 0 saturated carbocycles. The lowest BCUT2D eigenvalue weighted by Crippen LogP contribution is -2.36. The number of guanidine groups is 1. The number of nitrogens with zero attached hydrogens (tertiary/aromatic N) is 2. The first kappa shape index (κ1) is 21.3. The maximum atomic E-state index is 5.64. The normalized spacial score (nSPS) is 10.9. The first-order chi connectivity index (χ1) is 11.8. The zero-order valence-electron chi connectivity index (χ0n) is 15.0. The van der Waals surface area contributed by atoms with Crippen LogP contribution in [0.5, 0.6) is 5.75 Å². The second-order valence-electron chi connectivity index (χ2n) is 5.23. The van der Waals surface area contributed by atoms with Gasteiger partial charge in [0.15, 0.2) is 11.7 Å². The zero-order chi connectivity index (χ0) is 17.2. The Morgan fingerprint density at radius 1 is 1.20 bits per heavy atom. The fourth-order valence-electron chi connectivity index (χ4n) is 2.21. The summed E-state index contributed by atoms with van der Waals surface area (Å²) in [5.74, 6) is 2.41. The fraction of sp³-hybridized carbons (Fsp3) is 0.444. The summed E-state index contributed by atoms with van der Waals surface area (Å²) in [6.45, 7) is 8.59. The number of ether oxygens (including phenoxy) is 1.